The highest BCUT2D eigenvalue weighted by atomic mass is 32.1. The summed E-state index contributed by atoms with van der Waals surface area (Å²) in [4.78, 5) is 2.17. The minimum atomic E-state index is -0.817. The second-order valence-corrected chi connectivity index (χ2v) is 7.24. The molecule has 0 aliphatic carbocycles. The summed E-state index contributed by atoms with van der Waals surface area (Å²) >= 11 is 5.27. The van der Waals surface area contributed by atoms with E-state index in [2.05, 4.69) is 27.1 Å². The molecule has 3 N–H and O–H groups in total. The number of hydrazine groups is 1. The van der Waals surface area contributed by atoms with Crippen molar-refractivity contribution in [3.05, 3.63) is 47.2 Å². The molecule has 2 aliphatic heterocycles. The Balaban J connectivity index is 1.43. The van der Waals surface area contributed by atoms with Gasteiger partial charge in [-0.05, 0) is 55.6 Å². The van der Waals surface area contributed by atoms with E-state index in [0.717, 1.165) is 50.1 Å². The molecule has 0 radical (unpaired) electrons. The van der Waals surface area contributed by atoms with E-state index >= 15 is 0 Å². The maximum Gasteiger partial charge on any atom is 0.180 e. The van der Waals surface area contributed by atoms with Crippen molar-refractivity contribution >= 4 is 17.3 Å². The van der Waals surface area contributed by atoms with Crippen LogP contribution in [0.3, 0.4) is 0 Å². The van der Waals surface area contributed by atoms with E-state index in [1.165, 1.54) is 12.1 Å². The van der Waals surface area contributed by atoms with Gasteiger partial charge in [0, 0.05) is 31.9 Å². The lowest BCUT2D eigenvalue weighted by Gasteiger charge is -2.31. The summed E-state index contributed by atoms with van der Waals surface area (Å²) in [5, 5.41) is 3.68. The molecule has 27 heavy (non-hydrogen) atoms. The van der Waals surface area contributed by atoms with Gasteiger partial charge in [0.15, 0.2) is 16.7 Å². The molecule has 1 unspecified atom stereocenters. The molecule has 0 bridgehead atoms. The summed E-state index contributed by atoms with van der Waals surface area (Å²) in [6, 6.07) is 4.06. The van der Waals surface area contributed by atoms with Crippen LogP contribution in [0.2, 0.25) is 0 Å². The summed E-state index contributed by atoms with van der Waals surface area (Å²) in [7, 11) is 0. The van der Waals surface area contributed by atoms with E-state index < -0.39 is 11.6 Å². The Labute approximate surface area is 164 Å². The molecule has 1 aromatic rings. The summed E-state index contributed by atoms with van der Waals surface area (Å²) in [5.41, 5.74) is 7.99. The zero-order chi connectivity index (χ0) is 19.1. The number of ether oxygens (including phenoxy) is 1. The number of thiocarbonyl (C=S) groups is 1. The summed E-state index contributed by atoms with van der Waals surface area (Å²) in [5.74, 6) is -1.62. The Morgan fingerprint density at radius 2 is 2.15 bits per heavy atom. The third kappa shape index (κ3) is 6.12. The zero-order valence-corrected chi connectivity index (χ0v) is 16.1. The standard InChI is InChI=1S/C19H26F2N4OS/c20-17-7-6-14(10-18(17)21)13-25-8-2-1-4-15(25)11-23-24-19(27)22-12-16-5-3-9-26-16/h4,6-7,10,16,23H,1-3,5,8-9,11-13H2,(H2,22,24,27). The number of allylic oxidation sites excluding steroid dienone is 1. The molecule has 2 heterocycles. The van der Waals surface area contributed by atoms with E-state index in [4.69, 9.17) is 17.0 Å². The second-order valence-electron chi connectivity index (χ2n) is 6.83. The maximum absolute atomic E-state index is 13.4. The molecular formula is C19H26F2N4OS. The number of hydrogen-bond donors (Lipinski definition) is 3. The molecule has 0 spiro atoms. The van der Waals surface area contributed by atoms with Crippen LogP contribution < -0.4 is 16.2 Å². The Morgan fingerprint density at radius 1 is 1.26 bits per heavy atom. The number of rotatable bonds is 7. The molecule has 1 atom stereocenters. The van der Waals surface area contributed by atoms with Crippen LogP contribution in [0.5, 0.6) is 0 Å². The lowest BCUT2D eigenvalue weighted by molar-refractivity contribution is 0.114. The number of halogens is 2. The van der Waals surface area contributed by atoms with Crippen molar-refractivity contribution in [3.8, 4) is 0 Å². The number of nitrogens with one attached hydrogen (secondary N) is 3. The van der Waals surface area contributed by atoms with Gasteiger partial charge in [0.2, 0.25) is 0 Å². The molecule has 2 aliphatic rings. The Hall–Kier alpha value is -1.77. The van der Waals surface area contributed by atoms with Gasteiger partial charge in [-0.2, -0.15) is 0 Å². The quantitative estimate of drug-likeness (QED) is 0.487. The van der Waals surface area contributed by atoms with Gasteiger partial charge in [-0.3, -0.25) is 5.43 Å². The molecule has 1 aromatic carbocycles. The van der Waals surface area contributed by atoms with Crippen molar-refractivity contribution in [1.82, 2.24) is 21.1 Å². The average Bonchev–Trinajstić information content (AvgIpc) is 3.18. The third-order valence-electron chi connectivity index (χ3n) is 4.76. The maximum atomic E-state index is 13.4. The Kier molecular flexibility index (Phi) is 7.37. The highest BCUT2D eigenvalue weighted by Gasteiger charge is 2.16. The van der Waals surface area contributed by atoms with E-state index in [9.17, 15) is 8.78 Å². The molecule has 1 saturated heterocycles. The van der Waals surface area contributed by atoms with Crippen LogP contribution in [0.25, 0.3) is 0 Å². The Morgan fingerprint density at radius 3 is 2.93 bits per heavy atom. The van der Waals surface area contributed by atoms with Gasteiger partial charge in [0.05, 0.1) is 12.6 Å². The first-order valence-corrected chi connectivity index (χ1v) is 9.79. The number of hydrogen-bond acceptors (Lipinski definition) is 4. The van der Waals surface area contributed by atoms with Crippen molar-refractivity contribution in [1.29, 1.82) is 0 Å². The van der Waals surface area contributed by atoms with Crippen LogP contribution >= 0.6 is 12.2 Å². The van der Waals surface area contributed by atoms with Crippen molar-refractivity contribution in [3.63, 3.8) is 0 Å². The van der Waals surface area contributed by atoms with Crippen molar-refractivity contribution in [2.24, 2.45) is 0 Å². The second kappa shape index (κ2) is 9.96. The normalized spacial score (nSPS) is 19.7. The third-order valence-corrected chi connectivity index (χ3v) is 5.01. The van der Waals surface area contributed by atoms with Crippen LogP contribution in [0, 0.1) is 11.6 Å². The van der Waals surface area contributed by atoms with Crippen LogP contribution in [-0.2, 0) is 11.3 Å². The molecule has 3 rings (SSSR count). The van der Waals surface area contributed by atoms with Crippen molar-refractivity contribution in [2.75, 3.05) is 26.2 Å². The molecular weight excluding hydrogens is 370 g/mol. The van der Waals surface area contributed by atoms with Gasteiger partial charge in [-0.1, -0.05) is 12.1 Å². The largest absolute Gasteiger partial charge is 0.376 e. The molecule has 0 amide bonds. The predicted molar refractivity (Wildman–Crippen MR) is 105 cm³/mol. The fraction of sp³-hybridized carbons (Fsp3) is 0.526. The van der Waals surface area contributed by atoms with E-state index in [1.54, 1.807) is 6.07 Å². The van der Waals surface area contributed by atoms with Gasteiger partial charge in [-0.25, -0.2) is 14.2 Å². The fourth-order valence-electron chi connectivity index (χ4n) is 3.32. The average molecular weight is 397 g/mol. The molecule has 148 valence electrons. The summed E-state index contributed by atoms with van der Waals surface area (Å²) in [6.07, 6.45) is 6.62. The van der Waals surface area contributed by atoms with Gasteiger partial charge in [0.25, 0.3) is 0 Å². The molecule has 8 heteroatoms. The predicted octanol–water partition coefficient (Wildman–Crippen LogP) is 2.59. The van der Waals surface area contributed by atoms with Crippen LogP contribution in [0.15, 0.2) is 30.0 Å². The van der Waals surface area contributed by atoms with Crippen LogP contribution in [-0.4, -0.2) is 42.4 Å². The smallest absolute Gasteiger partial charge is 0.180 e. The van der Waals surface area contributed by atoms with Crippen molar-refractivity contribution < 1.29 is 13.5 Å². The van der Waals surface area contributed by atoms with Gasteiger partial charge in [0.1, 0.15) is 0 Å². The molecule has 1 fully saturated rings. The van der Waals surface area contributed by atoms with E-state index in [-0.39, 0.29) is 6.10 Å². The monoisotopic (exact) mass is 396 g/mol. The van der Waals surface area contributed by atoms with Gasteiger partial charge < -0.3 is 15.0 Å². The van der Waals surface area contributed by atoms with Gasteiger partial charge in [-0.15, -0.1) is 0 Å². The zero-order valence-electron chi connectivity index (χ0n) is 15.3. The first-order valence-electron chi connectivity index (χ1n) is 9.38. The first-order chi connectivity index (χ1) is 13.1. The van der Waals surface area contributed by atoms with E-state index in [0.29, 0.717) is 24.7 Å². The highest BCUT2D eigenvalue weighted by Crippen LogP contribution is 2.19. The lowest BCUT2D eigenvalue weighted by Crippen LogP contribution is -2.47. The molecule has 5 nitrogen and oxygen atoms in total. The Bertz CT molecular complexity index is 680. The lowest BCUT2D eigenvalue weighted by atomic mass is 10.1. The topological polar surface area (TPSA) is 48.6 Å². The SMILES string of the molecule is Fc1ccc(CN2CCCC=C2CNNC(=S)NCC2CCCO2)cc1F. The fourth-order valence-corrected chi connectivity index (χ4v) is 3.47. The summed E-state index contributed by atoms with van der Waals surface area (Å²) < 4.78 is 32.1. The van der Waals surface area contributed by atoms with Gasteiger partial charge >= 0.3 is 0 Å². The first kappa shape index (κ1) is 20.0. The summed E-state index contributed by atoms with van der Waals surface area (Å²) in [6.45, 7) is 3.55. The molecule has 0 saturated carbocycles. The number of nitrogens with zero attached hydrogens (tertiary/aromatic N) is 1. The van der Waals surface area contributed by atoms with E-state index in [1.807, 2.05) is 0 Å². The van der Waals surface area contributed by atoms with Crippen LogP contribution in [0.4, 0.5) is 8.78 Å². The highest BCUT2D eigenvalue weighted by molar-refractivity contribution is 7.80. The van der Waals surface area contributed by atoms with Crippen LogP contribution in [0.1, 0.15) is 31.2 Å². The minimum absolute atomic E-state index is 0.234. The molecule has 0 aromatic heterocycles. The number of benzene rings is 1. The minimum Gasteiger partial charge on any atom is -0.376 e. The van der Waals surface area contributed by atoms with Crippen molar-refractivity contribution in [2.45, 2.75) is 38.3 Å².